The van der Waals surface area contributed by atoms with Gasteiger partial charge in [-0.1, -0.05) is 22.0 Å². The van der Waals surface area contributed by atoms with Gasteiger partial charge in [-0.05, 0) is 43.9 Å². The monoisotopic (exact) mass is 283 g/mol. The molecule has 2 nitrogen and oxygen atoms in total. The molecule has 1 aliphatic rings. The normalized spacial score (nSPS) is 20.8. The maximum atomic E-state index is 5.70. The largest absolute Gasteiger partial charge is 0.382 e. The van der Waals surface area contributed by atoms with Crippen molar-refractivity contribution in [1.29, 1.82) is 0 Å². The zero-order chi connectivity index (χ0) is 11.4. The van der Waals surface area contributed by atoms with E-state index in [0.29, 0.717) is 6.10 Å². The van der Waals surface area contributed by atoms with Gasteiger partial charge in [-0.25, -0.2) is 0 Å². The molecule has 0 bridgehead atoms. The van der Waals surface area contributed by atoms with E-state index in [0.717, 1.165) is 17.6 Å². The summed E-state index contributed by atoms with van der Waals surface area (Å²) < 4.78 is 6.85. The number of rotatable bonds is 3. The van der Waals surface area contributed by atoms with Gasteiger partial charge < -0.3 is 10.1 Å². The van der Waals surface area contributed by atoms with E-state index in [4.69, 9.17) is 4.74 Å². The fraction of sp³-hybridized carbons (Fsp3) is 0.538. The van der Waals surface area contributed by atoms with Crippen molar-refractivity contribution in [2.45, 2.75) is 32.3 Å². The molecule has 0 amide bonds. The van der Waals surface area contributed by atoms with Crippen LogP contribution < -0.4 is 5.32 Å². The minimum atomic E-state index is 0.382. The van der Waals surface area contributed by atoms with Gasteiger partial charge in [0.25, 0.3) is 0 Å². The molecular weight excluding hydrogens is 266 g/mol. The highest BCUT2D eigenvalue weighted by molar-refractivity contribution is 9.10. The molecular formula is C13H18BrNO. The molecule has 1 aromatic carbocycles. The molecule has 0 aliphatic carbocycles. The number of benzene rings is 1. The summed E-state index contributed by atoms with van der Waals surface area (Å²) in [6.45, 7) is 3.95. The number of hydrogen-bond donors (Lipinski definition) is 1. The third kappa shape index (κ3) is 2.98. The van der Waals surface area contributed by atoms with Crippen LogP contribution in [0.15, 0.2) is 22.7 Å². The average molecular weight is 284 g/mol. The Labute approximate surface area is 106 Å². The van der Waals surface area contributed by atoms with E-state index in [1.165, 1.54) is 30.5 Å². The van der Waals surface area contributed by atoms with Gasteiger partial charge in [-0.3, -0.25) is 0 Å². The molecule has 1 N–H and O–H groups in total. The highest BCUT2D eigenvalue weighted by atomic mass is 79.9. The number of halogens is 1. The molecule has 1 unspecified atom stereocenters. The standard InChI is InChI=1S/C13H18BrNO/c1-10-12(14)6-4-7-13(10)15-9-11-5-2-3-8-16-11/h4,6-7,11,15H,2-3,5,8-9H2,1H3. The maximum absolute atomic E-state index is 5.70. The second-order valence-corrected chi connectivity index (χ2v) is 5.14. The molecule has 88 valence electrons. The molecule has 0 spiro atoms. The summed E-state index contributed by atoms with van der Waals surface area (Å²) in [7, 11) is 0. The minimum Gasteiger partial charge on any atom is -0.382 e. The smallest absolute Gasteiger partial charge is 0.0747 e. The van der Waals surface area contributed by atoms with Crippen molar-refractivity contribution in [3.63, 3.8) is 0 Å². The van der Waals surface area contributed by atoms with Crippen LogP contribution in [0.4, 0.5) is 5.69 Å². The van der Waals surface area contributed by atoms with Gasteiger partial charge >= 0.3 is 0 Å². The van der Waals surface area contributed by atoms with Crippen LogP contribution in [-0.4, -0.2) is 19.3 Å². The van der Waals surface area contributed by atoms with Crippen molar-refractivity contribution < 1.29 is 4.74 Å². The third-order valence-electron chi connectivity index (χ3n) is 3.06. The van der Waals surface area contributed by atoms with E-state index in [9.17, 15) is 0 Å². The summed E-state index contributed by atoms with van der Waals surface area (Å²) in [5.41, 5.74) is 2.46. The van der Waals surface area contributed by atoms with Gasteiger partial charge in [-0.15, -0.1) is 0 Å². The number of ether oxygens (including phenoxy) is 1. The van der Waals surface area contributed by atoms with E-state index < -0.39 is 0 Å². The van der Waals surface area contributed by atoms with Crippen molar-refractivity contribution in [3.05, 3.63) is 28.2 Å². The zero-order valence-corrected chi connectivity index (χ0v) is 11.2. The first kappa shape index (κ1) is 11.9. The lowest BCUT2D eigenvalue weighted by Gasteiger charge is -2.23. The molecule has 0 radical (unpaired) electrons. The molecule has 1 fully saturated rings. The lowest BCUT2D eigenvalue weighted by atomic mass is 10.1. The SMILES string of the molecule is Cc1c(Br)cccc1NCC1CCCCO1. The van der Waals surface area contributed by atoms with Gasteiger partial charge in [0, 0.05) is 23.3 Å². The molecule has 1 atom stereocenters. The van der Waals surface area contributed by atoms with E-state index in [-0.39, 0.29) is 0 Å². The molecule has 2 rings (SSSR count). The predicted molar refractivity (Wildman–Crippen MR) is 71.0 cm³/mol. The summed E-state index contributed by atoms with van der Waals surface area (Å²) in [5, 5.41) is 3.47. The van der Waals surface area contributed by atoms with Gasteiger partial charge in [0.15, 0.2) is 0 Å². The molecule has 1 aliphatic heterocycles. The van der Waals surface area contributed by atoms with Gasteiger partial charge in [0.2, 0.25) is 0 Å². The number of anilines is 1. The Kier molecular flexibility index (Phi) is 4.24. The van der Waals surface area contributed by atoms with Crippen LogP contribution in [0, 0.1) is 6.92 Å². The number of nitrogens with one attached hydrogen (secondary N) is 1. The third-order valence-corrected chi connectivity index (χ3v) is 3.92. The highest BCUT2D eigenvalue weighted by Crippen LogP contribution is 2.24. The van der Waals surface area contributed by atoms with Gasteiger partial charge in [0.05, 0.1) is 6.10 Å². The van der Waals surface area contributed by atoms with Crippen molar-refractivity contribution in [3.8, 4) is 0 Å². The predicted octanol–water partition coefficient (Wildman–Crippen LogP) is 3.74. The van der Waals surface area contributed by atoms with E-state index >= 15 is 0 Å². The molecule has 0 aromatic heterocycles. The molecule has 3 heteroatoms. The summed E-state index contributed by atoms with van der Waals surface area (Å²) in [5.74, 6) is 0. The van der Waals surface area contributed by atoms with E-state index in [2.05, 4.69) is 46.4 Å². The van der Waals surface area contributed by atoms with Gasteiger partial charge in [-0.2, -0.15) is 0 Å². The van der Waals surface area contributed by atoms with Crippen LogP contribution in [0.25, 0.3) is 0 Å². The average Bonchev–Trinajstić information content (AvgIpc) is 2.32. The quantitative estimate of drug-likeness (QED) is 0.913. The van der Waals surface area contributed by atoms with Crippen molar-refractivity contribution >= 4 is 21.6 Å². The summed E-state index contributed by atoms with van der Waals surface area (Å²) in [4.78, 5) is 0. The lowest BCUT2D eigenvalue weighted by Crippen LogP contribution is -2.27. The van der Waals surface area contributed by atoms with E-state index in [1.807, 2.05) is 0 Å². The maximum Gasteiger partial charge on any atom is 0.0747 e. The first-order valence-electron chi connectivity index (χ1n) is 5.88. The second-order valence-electron chi connectivity index (χ2n) is 4.28. The summed E-state index contributed by atoms with van der Waals surface area (Å²) >= 11 is 3.54. The molecule has 1 saturated heterocycles. The second kappa shape index (κ2) is 5.69. The van der Waals surface area contributed by atoms with Crippen LogP contribution in [-0.2, 0) is 4.74 Å². The van der Waals surface area contributed by atoms with Gasteiger partial charge in [0.1, 0.15) is 0 Å². The van der Waals surface area contributed by atoms with Crippen molar-refractivity contribution in [2.24, 2.45) is 0 Å². The molecule has 0 saturated carbocycles. The Balaban J connectivity index is 1.91. The fourth-order valence-corrected chi connectivity index (χ4v) is 2.36. The van der Waals surface area contributed by atoms with Crippen molar-refractivity contribution in [2.75, 3.05) is 18.5 Å². The summed E-state index contributed by atoms with van der Waals surface area (Å²) in [6, 6.07) is 6.24. The first-order chi connectivity index (χ1) is 7.77. The highest BCUT2D eigenvalue weighted by Gasteiger charge is 2.13. The lowest BCUT2D eigenvalue weighted by molar-refractivity contribution is 0.0247. The fourth-order valence-electron chi connectivity index (χ4n) is 1.99. The zero-order valence-electron chi connectivity index (χ0n) is 9.63. The van der Waals surface area contributed by atoms with Crippen LogP contribution >= 0.6 is 15.9 Å². The Morgan fingerprint density at radius 2 is 2.31 bits per heavy atom. The van der Waals surface area contributed by atoms with Crippen LogP contribution in [0.2, 0.25) is 0 Å². The molecule has 16 heavy (non-hydrogen) atoms. The minimum absolute atomic E-state index is 0.382. The summed E-state index contributed by atoms with van der Waals surface area (Å²) in [6.07, 6.45) is 4.07. The topological polar surface area (TPSA) is 21.3 Å². The Bertz CT molecular complexity index is 348. The van der Waals surface area contributed by atoms with Crippen LogP contribution in [0.5, 0.6) is 0 Å². The molecule has 1 heterocycles. The van der Waals surface area contributed by atoms with Crippen molar-refractivity contribution in [1.82, 2.24) is 0 Å². The van der Waals surface area contributed by atoms with E-state index in [1.54, 1.807) is 0 Å². The number of hydrogen-bond acceptors (Lipinski definition) is 2. The van der Waals surface area contributed by atoms with Crippen LogP contribution in [0.3, 0.4) is 0 Å². The Morgan fingerprint density at radius 3 is 3.06 bits per heavy atom. The Hall–Kier alpha value is -0.540. The van der Waals surface area contributed by atoms with Crippen LogP contribution in [0.1, 0.15) is 24.8 Å². The Morgan fingerprint density at radius 1 is 1.44 bits per heavy atom. The molecule has 1 aromatic rings. The first-order valence-corrected chi connectivity index (χ1v) is 6.67.